The van der Waals surface area contributed by atoms with E-state index in [1.807, 2.05) is 0 Å². The molecule has 0 saturated carbocycles. The van der Waals surface area contributed by atoms with Gasteiger partial charge in [0, 0.05) is 17.1 Å². The van der Waals surface area contributed by atoms with Crippen molar-refractivity contribution < 1.29 is 19.8 Å². The number of aliphatic hydroxyl groups excluding tert-OH is 1. The lowest BCUT2D eigenvalue weighted by molar-refractivity contribution is -0.140. The molecule has 2 aromatic rings. The largest absolute Gasteiger partial charge is 0.480 e. The van der Waals surface area contributed by atoms with Crippen LogP contribution in [0.3, 0.4) is 0 Å². The van der Waals surface area contributed by atoms with Crippen LogP contribution in [0.5, 0.6) is 0 Å². The number of aliphatic hydroxyl groups is 1. The van der Waals surface area contributed by atoms with Gasteiger partial charge in [-0.05, 0) is 24.3 Å². The number of pyridine rings is 1. The monoisotopic (exact) mass is 260 g/mol. The number of nitrogens with one attached hydrogen (secondary N) is 1. The Labute approximate surface area is 108 Å². The Morgan fingerprint density at radius 3 is 2.79 bits per heavy atom. The van der Waals surface area contributed by atoms with Crippen LogP contribution in [0.2, 0.25) is 0 Å². The van der Waals surface area contributed by atoms with E-state index in [9.17, 15) is 9.59 Å². The van der Waals surface area contributed by atoms with E-state index in [-0.39, 0.29) is 0 Å². The van der Waals surface area contributed by atoms with Crippen LogP contribution in [0.1, 0.15) is 10.4 Å². The first-order valence-electron chi connectivity index (χ1n) is 5.61. The van der Waals surface area contributed by atoms with Crippen molar-refractivity contribution in [2.45, 2.75) is 6.04 Å². The molecule has 6 nitrogen and oxygen atoms in total. The highest BCUT2D eigenvalue weighted by Gasteiger charge is 2.19. The summed E-state index contributed by atoms with van der Waals surface area (Å²) in [6, 6.07) is 7.10. The molecule has 0 saturated heterocycles. The second-order valence-corrected chi connectivity index (χ2v) is 3.96. The molecular formula is C13H12N2O4. The molecule has 1 atom stereocenters. The Morgan fingerprint density at radius 2 is 2.11 bits per heavy atom. The van der Waals surface area contributed by atoms with Crippen molar-refractivity contribution >= 4 is 22.8 Å². The van der Waals surface area contributed by atoms with Gasteiger partial charge in [-0.3, -0.25) is 9.78 Å². The molecule has 19 heavy (non-hydrogen) atoms. The molecule has 98 valence electrons. The third kappa shape index (κ3) is 2.86. The minimum atomic E-state index is -1.31. The lowest BCUT2D eigenvalue weighted by Gasteiger charge is -2.11. The van der Waals surface area contributed by atoms with Gasteiger partial charge in [0.2, 0.25) is 0 Å². The van der Waals surface area contributed by atoms with Gasteiger partial charge >= 0.3 is 5.97 Å². The zero-order chi connectivity index (χ0) is 13.8. The Morgan fingerprint density at radius 1 is 1.32 bits per heavy atom. The maximum absolute atomic E-state index is 11.9. The number of amides is 1. The summed E-state index contributed by atoms with van der Waals surface area (Å²) >= 11 is 0. The molecule has 0 fully saturated rings. The fourth-order valence-corrected chi connectivity index (χ4v) is 1.64. The molecule has 0 radical (unpaired) electrons. The summed E-state index contributed by atoms with van der Waals surface area (Å²) in [7, 11) is 0. The van der Waals surface area contributed by atoms with Crippen molar-refractivity contribution in [2.24, 2.45) is 0 Å². The molecule has 0 aliphatic rings. The number of carboxylic acids is 1. The number of nitrogens with zero attached hydrogens (tertiary/aromatic N) is 1. The number of rotatable bonds is 4. The first kappa shape index (κ1) is 13.0. The predicted molar refractivity (Wildman–Crippen MR) is 67.7 cm³/mol. The zero-order valence-electron chi connectivity index (χ0n) is 9.91. The van der Waals surface area contributed by atoms with Gasteiger partial charge in [0.25, 0.3) is 5.91 Å². The third-order valence-electron chi connectivity index (χ3n) is 2.65. The maximum Gasteiger partial charge on any atom is 0.328 e. The van der Waals surface area contributed by atoms with Gasteiger partial charge in [-0.2, -0.15) is 0 Å². The van der Waals surface area contributed by atoms with Crippen LogP contribution < -0.4 is 5.32 Å². The molecule has 0 spiro atoms. The van der Waals surface area contributed by atoms with Crippen molar-refractivity contribution in [3.8, 4) is 0 Å². The highest BCUT2D eigenvalue weighted by Crippen LogP contribution is 2.13. The molecule has 0 bridgehead atoms. The summed E-state index contributed by atoms with van der Waals surface area (Å²) in [6.07, 6.45) is 1.65. The minimum Gasteiger partial charge on any atom is -0.480 e. The minimum absolute atomic E-state index is 0.320. The number of carboxylic acid groups (broad SMARTS) is 1. The summed E-state index contributed by atoms with van der Waals surface area (Å²) in [4.78, 5) is 26.7. The third-order valence-corrected chi connectivity index (χ3v) is 2.65. The first-order chi connectivity index (χ1) is 9.11. The van der Waals surface area contributed by atoms with Crippen LogP contribution in [0.25, 0.3) is 10.9 Å². The number of fused-ring (bicyclic) bond motifs is 1. The zero-order valence-corrected chi connectivity index (χ0v) is 9.91. The average Bonchev–Trinajstić information content (AvgIpc) is 2.43. The van der Waals surface area contributed by atoms with E-state index in [0.29, 0.717) is 5.56 Å². The van der Waals surface area contributed by atoms with Crippen LogP contribution in [-0.2, 0) is 4.79 Å². The number of aliphatic carboxylic acids is 1. The Bertz CT molecular complexity index is 627. The van der Waals surface area contributed by atoms with Gasteiger partial charge in [0.1, 0.15) is 0 Å². The number of carbonyl (C=O) groups excluding carboxylic acids is 1. The standard InChI is InChI=1S/C13H12N2O4/c16-7-11(13(18)19)15-12(17)9-3-4-10-8(6-9)2-1-5-14-10/h1-6,11,16H,7H2,(H,15,17)(H,18,19)/t11-/m1/s1. The summed E-state index contributed by atoms with van der Waals surface area (Å²) in [5, 5.41) is 20.6. The van der Waals surface area contributed by atoms with E-state index >= 15 is 0 Å². The van der Waals surface area contributed by atoms with Crippen molar-refractivity contribution in [3.63, 3.8) is 0 Å². The Kier molecular flexibility index (Phi) is 3.72. The van der Waals surface area contributed by atoms with Crippen molar-refractivity contribution in [2.75, 3.05) is 6.61 Å². The summed E-state index contributed by atoms with van der Waals surface area (Å²) in [6.45, 7) is -0.657. The van der Waals surface area contributed by atoms with E-state index in [0.717, 1.165) is 10.9 Å². The molecule has 1 amide bonds. The molecular weight excluding hydrogens is 248 g/mol. The fourth-order valence-electron chi connectivity index (χ4n) is 1.64. The second kappa shape index (κ2) is 5.45. The molecule has 3 N–H and O–H groups in total. The molecule has 2 rings (SSSR count). The Balaban J connectivity index is 2.24. The van der Waals surface area contributed by atoms with Gasteiger partial charge in [-0.15, -0.1) is 0 Å². The van der Waals surface area contributed by atoms with E-state index < -0.39 is 24.5 Å². The fraction of sp³-hybridized carbons (Fsp3) is 0.154. The van der Waals surface area contributed by atoms with Gasteiger partial charge in [-0.25, -0.2) is 4.79 Å². The SMILES string of the molecule is O=C(N[C@H](CO)C(=O)O)c1ccc2ncccc2c1. The lowest BCUT2D eigenvalue weighted by atomic mass is 10.1. The number of aromatic nitrogens is 1. The van der Waals surface area contributed by atoms with E-state index in [1.54, 1.807) is 36.5 Å². The van der Waals surface area contributed by atoms with Gasteiger partial charge < -0.3 is 15.5 Å². The highest BCUT2D eigenvalue weighted by atomic mass is 16.4. The smallest absolute Gasteiger partial charge is 0.328 e. The first-order valence-corrected chi connectivity index (χ1v) is 5.61. The van der Waals surface area contributed by atoms with Crippen molar-refractivity contribution in [3.05, 3.63) is 42.1 Å². The van der Waals surface area contributed by atoms with Crippen LogP contribution in [-0.4, -0.2) is 39.7 Å². The van der Waals surface area contributed by atoms with E-state index in [4.69, 9.17) is 10.2 Å². The Hall–Kier alpha value is -2.47. The lowest BCUT2D eigenvalue weighted by Crippen LogP contribution is -2.43. The number of benzene rings is 1. The molecule has 0 aliphatic carbocycles. The average molecular weight is 260 g/mol. The molecule has 1 heterocycles. The second-order valence-electron chi connectivity index (χ2n) is 3.96. The van der Waals surface area contributed by atoms with Crippen LogP contribution in [0, 0.1) is 0 Å². The maximum atomic E-state index is 11.9. The molecule has 0 unspecified atom stereocenters. The van der Waals surface area contributed by atoms with Gasteiger partial charge in [0.15, 0.2) is 6.04 Å². The topological polar surface area (TPSA) is 99.5 Å². The number of hydrogen-bond acceptors (Lipinski definition) is 4. The normalized spacial score (nSPS) is 12.1. The van der Waals surface area contributed by atoms with Gasteiger partial charge in [0.05, 0.1) is 12.1 Å². The van der Waals surface area contributed by atoms with Crippen LogP contribution in [0.4, 0.5) is 0 Å². The molecule has 1 aromatic carbocycles. The number of carbonyl (C=O) groups is 2. The van der Waals surface area contributed by atoms with Crippen molar-refractivity contribution in [1.82, 2.24) is 10.3 Å². The van der Waals surface area contributed by atoms with Crippen LogP contribution in [0.15, 0.2) is 36.5 Å². The predicted octanol–water partition coefficient (Wildman–Crippen LogP) is 0.410. The molecule has 0 aliphatic heterocycles. The summed E-state index contributed by atoms with van der Waals surface area (Å²) < 4.78 is 0. The van der Waals surface area contributed by atoms with Gasteiger partial charge in [-0.1, -0.05) is 6.07 Å². The van der Waals surface area contributed by atoms with Crippen molar-refractivity contribution in [1.29, 1.82) is 0 Å². The van der Waals surface area contributed by atoms with Crippen LogP contribution >= 0.6 is 0 Å². The van der Waals surface area contributed by atoms with E-state index in [2.05, 4.69) is 10.3 Å². The summed E-state index contributed by atoms with van der Waals surface area (Å²) in [5.41, 5.74) is 1.07. The highest BCUT2D eigenvalue weighted by molar-refractivity contribution is 5.99. The molecule has 1 aromatic heterocycles. The summed E-state index contributed by atoms with van der Waals surface area (Å²) in [5.74, 6) is -1.83. The number of hydrogen-bond donors (Lipinski definition) is 3. The molecule has 6 heteroatoms. The quantitative estimate of drug-likeness (QED) is 0.739. The van der Waals surface area contributed by atoms with E-state index in [1.165, 1.54) is 0 Å².